The molecule has 1 heterocycles. The van der Waals surface area contributed by atoms with Crippen molar-refractivity contribution in [2.45, 2.75) is 45.3 Å². The highest BCUT2D eigenvalue weighted by Crippen LogP contribution is 2.30. The molecule has 3 heteroatoms. The first-order chi connectivity index (χ1) is 6.40. The minimum absolute atomic E-state index is 0.739. The van der Waals surface area contributed by atoms with Gasteiger partial charge >= 0.3 is 0 Å². The molecule has 0 aliphatic heterocycles. The van der Waals surface area contributed by atoms with E-state index in [-0.39, 0.29) is 0 Å². The van der Waals surface area contributed by atoms with Crippen molar-refractivity contribution in [3.8, 4) is 0 Å². The minimum Gasteiger partial charge on any atom is -0.342 e. The summed E-state index contributed by atoms with van der Waals surface area (Å²) in [5.74, 6) is 0. The molecule has 80 valence electrons. The average molecular weight is 210 g/mol. The highest BCUT2D eigenvalue weighted by molar-refractivity contribution is 6.91. The fourth-order valence-electron chi connectivity index (χ4n) is 2.07. The minimum atomic E-state index is -1.42. The first-order valence-corrected chi connectivity index (χ1v) is 8.04. The summed E-state index contributed by atoms with van der Waals surface area (Å²) < 4.78 is 2.20. The molecular formula is C11H22N2Si. The van der Waals surface area contributed by atoms with Crippen molar-refractivity contribution >= 4 is 13.5 Å². The summed E-state index contributed by atoms with van der Waals surface area (Å²) in [5.41, 5.74) is 2.81. The van der Waals surface area contributed by atoms with E-state index in [1.807, 2.05) is 6.20 Å². The van der Waals surface area contributed by atoms with Crippen molar-refractivity contribution in [3.63, 3.8) is 0 Å². The van der Waals surface area contributed by atoms with Gasteiger partial charge in [-0.3, -0.25) is 0 Å². The van der Waals surface area contributed by atoms with Crippen LogP contribution in [0.2, 0.25) is 17.6 Å². The lowest BCUT2D eigenvalue weighted by Crippen LogP contribution is -2.54. The summed E-state index contributed by atoms with van der Waals surface area (Å²) >= 11 is 0. The second-order valence-electron chi connectivity index (χ2n) is 4.95. The third-order valence-corrected chi connectivity index (χ3v) is 9.94. The van der Waals surface area contributed by atoms with Crippen molar-refractivity contribution in [3.05, 3.63) is 12.4 Å². The molecular weight excluding hydrogens is 188 g/mol. The van der Waals surface area contributed by atoms with Gasteiger partial charge in [-0.25, -0.2) is 4.98 Å². The fraction of sp³-hybridized carbons (Fsp3) is 0.727. The highest BCUT2D eigenvalue weighted by Gasteiger charge is 2.39. The lowest BCUT2D eigenvalue weighted by Gasteiger charge is -2.34. The average Bonchev–Trinajstić information content (AvgIpc) is 2.49. The number of rotatable bonds is 3. The molecule has 0 aliphatic rings. The summed E-state index contributed by atoms with van der Waals surface area (Å²) in [6.07, 6.45) is 3.98. The van der Waals surface area contributed by atoms with E-state index < -0.39 is 8.07 Å². The van der Waals surface area contributed by atoms with Gasteiger partial charge in [0.2, 0.25) is 0 Å². The van der Waals surface area contributed by atoms with Crippen LogP contribution in [0.5, 0.6) is 0 Å². The first kappa shape index (κ1) is 11.5. The normalized spacial score (nSPS) is 12.9. The van der Waals surface area contributed by atoms with Gasteiger partial charge < -0.3 is 4.57 Å². The summed E-state index contributed by atoms with van der Waals surface area (Å²) in [6.45, 7) is 11.8. The Bertz CT molecular complexity index is 294. The molecule has 0 radical (unpaired) electrons. The molecule has 1 rings (SSSR count). The molecule has 2 nitrogen and oxygen atoms in total. The van der Waals surface area contributed by atoms with Gasteiger partial charge in [-0.1, -0.05) is 34.2 Å². The fourth-order valence-corrected chi connectivity index (χ4v) is 5.62. The van der Waals surface area contributed by atoms with Crippen molar-refractivity contribution in [2.75, 3.05) is 0 Å². The van der Waals surface area contributed by atoms with Crippen LogP contribution < -0.4 is 5.45 Å². The van der Waals surface area contributed by atoms with Crippen LogP contribution in [0.1, 0.15) is 27.7 Å². The van der Waals surface area contributed by atoms with E-state index in [4.69, 9.17) is 0 Å². The second kappa shape index (κ2) is 3.89. The topological polar surface area (TPSA) is 17.8 Å². The van der Waals surface area contributed by atoms with Crippen LogP contribution in [0.25, 0.3) is 0 Å². The SMILES string of the molecule is CC(C)[Si](C)(c1nccn1C)C(C)C. The monoisotopic (exact) mass is 210 g/mol. The lowest BCUT2D eigenvalue weighted by molar-refractivity contribution is 0.874. The van der Waals surface area contributed by atoms with E-state index in [0.717, 1.165) is 11.1 Å². The Morgan fingerprint density at radius 2 is 1.71 bits per heavy atom. The Balaban J connectivity index is 3.19. The predicted molar refractivity (Wildman–Crippen MR) is 64.7 cm³/mol. The van der Waals surface area contributed by atoms with Gasteiger partial charge in [0.1, 0.15) is 8.07 Å². The highest BCUT2D eigenvalue weighted by atomic mass is 28.3. The summed E-state index contributed by atoms with van der Waals surface area (Å²) in [7, 11) is 0.689. The summed E-state index contributed by atoms with van der Waals surface area (Å²) in [4.78, 5) is 4.56. The van der Waals surface area contributed by atoms with Gasteiger partial charge in [-0.05, 0) is 11.1 Å². The number of hydrogen-bond donors (Lipinski definition) is 0. The summed E-state index contributed by atoms with van der Waals surface area (Å²) in [6, 6.07) is 0. The Labute approximate surface area is 88.4 Å². The third kappa shape index (κ3) is 1.65. The van der Waals surface area contributed by atoms with Crippen LogP contribution in [-0.4, -0.2) is 17.6 Å². The smallest absolute Gasteiger partial charge is 0.134 e. The number of hydrogen-bond acceptors (Lipinski definition) is 1. The molecule has 0 spiro atoms. The van der Waals surface area contributed by atoms with Crippen LogP contribution >= 0.6 is 0 Å². The Kier molecular flexibility index (Phi) is 3.19. The Morgan fingerprint density at radius 3 is 2.00 bits per heavy atom. The van der Waals surface area contributed by atoms with Crippen molar-refractivity contribution in [2.24, 2.45) is 7.05 Å². The molecule has 0 saturated carbocycles. The zero-order valence-electron chi connectivity index (χ0n) is 10.2. The molecule has 0 N–H and O–H groups in total. The molecule has 0 amide bonds. The van der Waals surface area contributed by atoms with Gasteiger partial charge in [0.15, 0.2) is 0 Å². The van der Waals surface area contributed by atoms with Gasteiger partial charge in [-0.15, -0.1) is 0 Å². The molecule has 0 aromatic carbocycles. The largest absolute Gasteiger partial charge is 0.342 e. The van der Waals surface area contributed by atoms with Crippen LogP contribution in [-0.2, 0) is 7.05 Å². The maximum Gasteiger partial charge on any atom is 0.134 e. The lowest BCUT2D eigenvalue weighted by atomic mass is 10.5. The van der Waals surface area contributed by atoms with Gasteiger partial charge in [0.25, 0.3) is 0 Å². The Morgan fingerprint density at radius 1 is 1.21 bits per heavy atom. The van der Waals surface area contributed by atoms with Crippen LogP contribution in [0.3, 0.4) is 0 Å². The molecule has 0 bridgehead atoms. The van der Waals surface area contributed by atoms with Crippen LogP contribution in [0, 0.1) is 0 Å². The van der Waals surface area contributed by atoms with Gasteiger partial charge in [0, 0.05) is 19.4 Å². The van der Waals surface area contributed by atoms with Crippen LogP contribution in [0.4, 0.5) is 0 Å². The quantitative estimate of drug-likeness (QED) is 0.701. The first-order valence-electron chi connectivity index (χ1n) is 5.38. The molecule has 14 heavy (non-hydrogen) atoms. The van der Waals surface area contributed by atoms with Crippen molar-refractivity contribution in [1.82, 2.24) is 9.55 Å². The van der Waals surface area contributed by atoms with E-state index in [1.165, 1.54) is 5.45 Å². The maximum atomic E-state index is 4.56. The number of nitrogens with zero attached hydrogens (tertiary/aromatic N) is 2. The van der Waals surface area contributed by atoms with E-state index in [1.54, 1.807) is 0 Å². The van der Waals surface area contributed by atoms with E-state index >= 15 is 0 Å². The molecule has 1 aromatic rings. The molecule has 0 unspecified atom stereocenters. The van der Waals surface area contributed by atoms with Gasteiger partial charge in [-0.2, -0.15) is 0 Å². The molecule has 0 aliphatic carbocycles. The maximum absolute atomic E-state index is 4.56. The van der Waals surface area contributed by atoms with Crippen molar-refractivity contribution in [1.29, 1.82) is 0 Å². The zero-order chi connectivity index (χ0) is 10.9. The standard InChI is InChI=1S/C11H22N2Si/c1-9(2)14(6,10(3)4)11-12-7-8-13(11)5/h7-10H,1-6H3. The molecule has 0 saturated heterocycles. The second-order valence-corrected chi connectivity index (χ2v) is 10.3. The van der Waals surface area contributed by atoms with Crippen molar-refractivity contribution < 1.29 is 0 Å². The van der Waals surface area contributed by atoms with Gasteiger partial charge in [0.05, 0.1) is 5.45 Å². The number of aromatic nitrogens is 2. The predicted octanol–water partition coefficient (Wildman–Crippen LogP) is 2.53. The van der Waals surface area contributed by atoms with Crippen LogP contribution in [0.15, 0.2) is 12.4 Å². The van der Waals surface area contributed by atoms with E-state index in [0.29, 0.717) is 0 Å². The summed E-state index contributed by atoms with van der Waals surface area (Å²) in [5, 5.41) is 0. The number of imidazole rings is 1. The number of aryl methyl sites for hydroxylation is 1. The molecule has 0 fully saturated rings. The Hall–Kier alpha value is -0.573. The molecule has 1 aromatic heterocycles. The van der Waals surface area contributed by atoms with E-state index in [2.05, 4.69) is 57.0 Å². The van der Waals surface area contributed by atoms with E-state index in [9.17, 15) is 0 Å². The zero-order valence-corrected chi connectivity index (χ0v) is 11.2. The third-order valence-electron chi connectivity index (χ3n) is 3.70. The molecule has 0 atom stereocenters.